The maximum absolute atomic E-state index is 3.73. The Bertz CT molecular complexity index is 181. The summed E-state index contributed by atoms with van der Waals surface area (Å²) in [7, 11) is 2.27. The molecule has 0 aromatic carbocycles. The molecule has 1 N–H and O–H groups in total. The standard InChI is InChI=1S/C15H32N2/c1-5-15(6-2)17(4)12-11-16-14-9-7-13(3)8-10-14/h13-16H,5-12H2,1-4H3. The SMILES string of the molecule is CCC(CC)N(C)CCNC1CCC(C)CC1. The second-order valence-corrected chi connectivity index (χ2v) is 5.86. The van der Waals surface area contributed by atoms with E-state index in [1.807, 2.05) is 0 Å². The third-order valence-electron chi connectivity index (χ3n) is 4.48. The van der Waals surface area contributed by atoms with Gasteiger partial charge in [-0.05, 0) is 51.5 Å². The van der Waals surface area contributed by atoms with Gasteiger partial charge in [-0.15, -0.1) is 0 Å². The van der Waals surface area contributed by atoms with E-state index in [0.29, 0.717) is 0 Å². The van der Waals surface area contributed by atoms with Gasteiger partial charge in [0, 0.05) is 25.2 Å². The first-order valence-electron chi connectivity index (χ1n) is 7.60. The number of likely N-dealkylation sites (N-methyl/N-ethyl adjacent to an activating group) is 1. The van der Waals surface area contributed by atoms with Crippen molar-refractivity contribution in [3.8, 4) is 0 Å². The number of nitrogens with one attached hydrogen (secondary N) is 1. The van der Waals surface area contributed by atoms with Crippen molar-refractivity contribution in [3.63, 3.8) is 0 Å². The van der Waals surface area contributed by atoms with E-state index in [0.717, 1.165) is 24.5 Å². The molecule has 0 aromatic rings. The van der Waals surface area contributed by atoms with Crippen LogP contribution in [0.25, 0.3) is 0 Å². The van der Waals surface area contributed by atoms with Gasteiger partial charge in [0.05, 0.1) is 0 Å². The van der Waals surface area contributed by atoms with Crippen molar-refractivity contribution in [1.29, 1.82) is 0 Å². The normalized spacial score (nSPS) is 25.8. The van der Waals surface area contributed by atoms with Crippen LogP contribution in [-0.2, 0) is 0 Å². The highest BCUT2D eigenvalue weighted by molar-refractivity contribution is 4.76. The Morgan fingerprint density at radius 3 is 2.24 bits per heavy atom. The van der Waals surface area contributed by atoms with Crippen molar-refractivity contribution in [3.05, 3.63) is 0 Å². The Kier molecular flexibility index (Phi) is 7.14. The molecular formula is C15H32N2. The molecule has 0 bridgehead atoms. The van der Waals surface area contributed by atoms with Crippen LogP contribution in [0.4, 0.5) is 0 Å². The quantitative estimate of drug-likeness (QED) is 0.735. The molecule has 0 heterocycles. The Morgan fingerprint density at radius 1 is 1.12 bits per heavy atom. The smallest absolute Gasteiger partial charge is 0.0107 e. The van der Waals surface area contributed by atoms with Gasteiger partial charge in [-0.3, -0.25) is 0 Å². The molecule has 2 heteroatoms. The van der Waals surface area contributed by atoms with Gasteiger partial charge in [0.25, 0.3) is 0 Å². The van der Waals surface area contributed by atoms with E-state index in [4.69, 9.17) is 0 Å². The second-order valence-electron chi connectivity index (χ2n) is 5.86. The van der Waals surface area contributed by atoms with Crippen LogP contribution in [0.3, 0.4) is 0 Å². The predicted octanol–water partition coefficient (Wildman–Crippen LogP) is 3.28. The van der Waals surface area contributed by atoms with Gasteiger partial charge in [-0.25, -0.2) is 0 Å². The summed E-state index contributed by atoms with van der Waals surface area (Å²) in [5, 5.41) is 3.73. The average molecular weight is 240 g/mol. The van der Waals surface area contributed by atoms with Crippen molar-refractivity contribution in [2.45, 2.75) is 71.4 Å². The van der Waals surface area contributed by atoms with Crippen LogP contribution in [0, 0.1) is 5.92 Å². The summed E-state index contributed by atoms with van der Waals surface area (Å²) in [4.78, 5) is 2.51. The molecule has 1 aliphatic carbocycles. The van der Waals surface area contributed by atoms with Crippen LogP contribution in [0.2, 0.25) is 0 Å². The fourth-order valence-corrected chi connectivity index (χ4v) is 3.00. The number of rotatable bonds is 7. The lowest BCUT2D eigenvalue weighted by Crippen LogP contribution is -2.40. The molecule has 0 radical (unpaired) electrons. The average Bonchev–Trinajstić information content (AvgIpc) is 2.33. The van der Waals surface area contributed by atoms with Crippen LogP contribution in [-0.4, -0.2) is 37.1 Å². The van der Waals surface area contributed by atoms with E-state index in [-0.39, 0.29) is 0 Å². The molecule has 0 aromatic heterocycles. The Hall–Kier alpha value is -0.0800. The lowest BCUT2D eigenvalue weighted by molar-refractivity contribution is 0.220. The third-order valence-corrected chi connectivity index (χ3v) is 4.48. The van der Waals surface area contributed by atoms with Gasteiger partial charge >= 0.3 is 0 Å². The zero-order valence-electron chi connectivity index (χ0n) is 12.3. The Labute approximate surface area is 108 Å². The van der Waals surface area contributed by atoms with E-state index in [1.54, 1.807) is 0 Å². The number of hydrogen-bond donors (Lipinski definition) is 1. The van der Waals surface area contributed by atoms with Crippen LogP contribution in [0.1, 0.15) is 59.3 Å². The van der Waals surface area contributed by atoms with Crippen molar-refractivity contribution < 1.29 is 0 Å². The topological polar surface area (TPSA) is 15.3 Å². The Morgan fingerprint density at radius 2 is 1.71 bits per heavy atom. The predicted molar refractivity (Wildman–Crippen MR) is 76.4 cm³/mol. The minimum atomic E-state index is 0.767. The first-order chi connectivity index (χ1) is 8.17. The molecule has 0 aliphatic heterocycles. The molecular weight excluding hydrogens is 208 g/mol. The first-order valence-corrected chi connectivity index (χ1v) is 7.60. The minimum Gasteiger partial charge on any atom is -0.313 e. The number of hydrogen-bond acceptors (Lipinski definition) is 2. The summed E-state index contributed by atoms with van der Waals surface area (Å²) < 4.78 is 0. The van der Waals surface area contributed by atoms with E-state index in [1.165, 1.54) is 45.1 Å². The van der Waals surface area contributed by atoms with Crippen LogP contribution >= 0.6 is 0 Å². The highest BCUT2D eigenvalue weighted by Gasteiger charge is 2.17. The lowest BCUT2D eigenvalue weighted by Gasteiger charge is -2.30. The van der Waals surface area contributed by atoms with E-state index >= 15 is 0 Å². The van der Waals surface area contributed by atoms with Crippen molar-refractivity contribution in [1.82, 2.24) is 10.2 Å². The van der Waals surface area contributed by atoms with Gasteiger partial charge in [-0.2, -0.15) is 0 Å². The molecule has 1 saturated carbocycles. The van der Waals surface area contributed by atoms with Crippen molar-refractivity contribution >= 4 is 0 Å². The van der Waals surface area contributed by atoms with Gasteiger partial charge in [0.15, 0.2) is 0 Å². The van der Waals surface area contributed by atoms with Crippen molar-refractivity contribution in [2.24, 2.45) is 5.92 Å². The summed E-state index contributed by atoms with van der Waals surface area (Å²) in [6.45, 7) is 9.32. The fourth-order valence-electron chi connectivity index (χ4n) is 3.00. The van der Waals surface area contributed by atoms with Crippen LogP contribution in [0.5, 0.6) is 0 Å². The van der Waals surface area contributed by atoms with Gasteiger partial charge in [0.2, 0.25) is 0 Å². The minimum absolute atomic E-state index is 0.767. The summed E-state index contributed by atoms with van der Waals surface area (Å²) >= 11 is 0. The van der Waals surface area contributed by atoms with Gasteiger partial charge < -0.3 is 10.2 Å². The molecule has 1 aliphatic rings. The fraction of sp³-hybridized carbons (Fsp3) is 1.00. The maximum atomic E-state index is 3.73. The van der Waals surface area contributed by atoms with E-state index in [2.05, 4.69) is 38.0 Å². The summed E-state index contributed by atoms with van der Waals surface area (Å²) in [6, 6.07) is 1.56. The highest BCUT2D eigenvalue weighted by atomic mass is 15.1. The molecule has 17 heavy (non-hydrogen) atoms. The molecule has 0 unspecified atom stereocenters. The molecule has 0 atom stereocenters. The number of nitrogens with zero attached hydrogens (tertiary/aromatic N) is 1. The molecule has 0 amide bonds. The second kappa shape index (κ2) is 8.10. The van der Waals surface area contributed by atoms with Gasteiger partial charge in [-0.1, -0.05) is 20.8 Å². The zero-order valence-corrected chi connectivity index (χ0v) is 12.3. The highest BCUT2D eigenvalue weighted by Crippen LogP contribution is 2.23. The summed E-state index contributed by atoms with van der Waals surface area (Å²) in [6.07, 6.45) is 8.15. The first kappa shape index (κ1) is 15.0. The largest absolute Gasteiger partial charge is 0.313 e. The molecule has 1 rings (SSSR count). The summed E-state index contributed by atoms with van der Waals surface area (Å²) in [5.74, 6) is 0.959. The summed E-state index contributed by atoms with van der Waals surface area (Å²) in [5.41, 5.74) is 0. The van der Waals surface area contributed by atoms with E-state index in [9.17, 15) is 0 Å². The lowest BCUT2D eigenvalue weighted by atomic mass is 9.87. The molecule has 0 saturated heterocycles. The maximum Gasteiger partial charge on any atom is 0.0107 e. The third kappa shape index (κ3) is 5.39. The molecule has 2 nitrogen and oxygen atoms in total. The molecule has 0 spiro atoms. The van der Waals surface area contributed by atoms with Gasteiger partial charge in [0.1, 0.15) is 0 Å². The zero-order chi connectivity index (χ0) is 12.7. The van der Waals surface area contributed by atoms with Crippen LogP contribution in [0.15, 0.2) is 0 Å². The van der Waals surface area contributed by atoms with E-state index < -0.39 is 0 Å². The Balaban J connectivity index is 2.10. The monoisotopic (exact) mass is 240 g/mol. The van der Waals surface area contributed by atoms with Crippen molar-refractivity contribution in [2.75, 3.05) is 20.1 Å². The van der Waals surface area contributed by atoms with Crippen LogP contribution < -0.4 is 5.32 Å². The molecule has 102 valence electrons. The molecule has 1 fully saturated rings.